The summed E-state index contributed by atoms with van der Waals surface area (Å²) in [7, 11) is -3.67. The molecule has 0 aliphatic rings. The van der Waals surface area contributed by atoms with E-state index in [0.717, 1.165) is 0 Å². The van der Waals surface area contributed by atoms with Crippen LogP contribution < -0.4 is 10.5 Å². The lowest BCUT2D eigenvalue weighted by atomic mass is 10.3. The second kappa shape index (κ2) is 5.20. The standard InChI is InChI=1S/C11H13ClN4O2S/c1-7(11-14-4-5-15-11)16-19(17,18)8-2-3-9(12)10(13)6-8/h2-7,16H,13H2,1H3,(H,14,15). The van der Waals surface area contributed by atoms with Crippen molar-refractivity contribution in [2.75, 3.05) is 5.73 Å². The average Bonchev–Trinajstić information content (AvgIpc) is 2.85. The first-order chi connectivity index (χ1) is 8.90. The molecule has 0 fully saturated rings. The molecule has 0 bridgehead atoms. The number of aromatic nitrogens is 2. The number of H-pyrrole nitrogens is 1. The molecule has 1 unspecified atom stereocenters. The van der Waals surface area contributed by atoms with Gasteiger partial charge in [-0.1, -0.05) is 11.6 Å². The second-order valence-electron chi connectivity index (χ2n) is 4.00. The SMILES string of the molecule is CC(NS(=O)(=O)c1ccc(Cl)c(N)c1)c1ncc[nH]1. The third-order valence-electron chi connectivity index (χ3n) is 2.54. The number of nitrogens with zero attached hydrogens (tertiary/aromatic N) is 1. The fourth-order valence-corrected chi connectivity index (χ4v) is 2.92. The number of anilines is 1. The molecule has 1 heterocycles. The lowest BCUT2D eigenvalue weighted by Crippen LogP contribution is -2.27. The van der Waals surface area contributed by atoms with Crippen LogP contribution in [0.4, 0.5) is 5.69 Å². The smallest absolute Gasteiger partial charge is 0.241 e. The van der Waals surface area contributed by atoms with E-state index >= 15 is 0 Å². The number of rotatable bonds is 4. The van der Waals surface area contributed by atoms with Crippen LogP contribution >= 0.6 is 11.6 Å². The first-order valence-electron chi connectivity index (χ1n) is 5.47. The van der Waals surface area contributed by atoms with E-state index in [1.54, 1.807) is 19.3 Å². The van der Waals surface area contributed by atoms with Crippen molar-refractivity contribution in [2.24, 2.45) is 0 Å². The lowest BCUT2D eigenvalue weighted by molar-refractivity contribution is 0.561. The number of nitrogen functional groups attached to an aromatic ring is 1. The molecule has 2 aromatic rings. The molecule has 6 nitrogen and oxygen atoms in total. The molecule has 1 aromatic heterocycles. The highest BCUT2D eigenvalue weighted by Crippen LogP contribution is 2.23. The Morgan fingerprint density at radius 3 is 2.79 bits per heavy atom. The number of halogens is 1. The van der Waals surface area contributed by atoms with Crippen molar-refractivity contribution in [2.45, 2.75) is 17.9 Å². The summed E-state index contributed by atoms with van der Waals surface area (Å²) in [6.45, 7) is 1.69. The molecule has 4 N–H and O–H groups in total. The van der Waals surface area contributed by atoms with Gasteiger partial charge in [-0.2, -0.15) is 0 Å². The van der Waals surface area contributed by atoms with Gasteiger partial charge in [-0.05, 0) is 25.1 Å². The molecule has 2 rings (SSSR count). The molecular formula is C11H13ClN4O2S. The Morgan fingerprint density at radius 2 is 2.21 bits per heavy atom. The van der Waals surface area contributed by atoms with Crippen molar-refractivity contribution >= 4 is 27.3 Å². The van der Waals surface area contributed by atoms with Crippen molar-refractivity contribution in [1.82, 2.24) is 14.7 Å². The zero-order valence-corrected chi connectivity index (χ0v) is 11.7. The summed E-state index contributed by atoms with van der Waals surface area (Å²) < 4.78 is 26.8. The third kappa shape index (κ3) is 3.06. The van der Waals surface area contributed by atoms with Gasteiger partial charge in [-0.25, -0.2) is 18.1 Å². The Balaban J connectivity index is 2.25. The Hall–Kier alpha value is -1.57. The van der Waals surface area contributed by atoms with Gasteiger partial charge in [0.1, 0.15) is 5.82 Å². The maximum absolute atomic E-state index is 12.1. The molecule has 0 aliphatic carbocycles. The number of nitrogens with one attached hydrogen (secondary N) is 2. The van der Waals surface area contributed by atoms with Gasteiger partial charge in [0.25, 0.3) is 0 Å². The fraction of sp³-hybridized carbons (Fsp3) is 0.182. The molecule has 0 spiro atoms. The topological polar surface area (TPSA) is 101 Å². The zero-order chi connectivity index (χ0) is 14.0. The number of imidazole rings is 1. The lowest BCUT2D eigenvalue weighted by Gasteiger charge is -2.12. The summed E-state index contributed by atoms with van der Waals surface area (Å²) >= 11 is 5.76. The molecule has 8 heteroatoms. The van der Waals surface area contributed by atoms with Crippen LogP contribution in [-0.4, -0.2) is 18.4 Å². The molecule has 1 aromatic carbocycles. The highest BCUT2D eigenvalue weighted by atomic mass is 35.5. The van der Waals surface area contributed by atoms with Crippen LogP contribution in [0.3, 0.4) is 0 Å². The zero-order valence-electron chi connectivity index (χ0n) is 10.1. The Bertz CT molecular complexity index is 670. The van der Waals surface area contributed by atoms with Crippen molar-refractivity contribution in [1.29, 1.82) is 0 Å². The third-order valence-corrected chi connectivity index (χ3v) is 4.42. The highest BCUT2D eigenvalue weighted by molar-refractivity contribution is 7.89. The first kappa shape index (κ1) is 13.9. The molecule has 102 valence electrons. The largest absolute Gasteiger partial charge is 0.397 e. The van der Waals surface area contributed by atoms with Crippen LogP contribution in [0, 0.1) is 0 Å². The van der Waals surface area contributed by atoms with E-state index < -0.39 is 16.1 Å². The van der Waals surface area contributed by atoms with Gasteiger partial charge in [0.2, 0.25) is 10.0 Å². The van der Waals surface area contributed by atoms with E-state index in [-0.39, 0.29) is 10.6 Å². The average molecular weight is 301 g/mol. The van der Waals surface area contributed by atoms with Crippen molar-refractivity contribution < 1.29 is 8.42 Å². The Labute approximate surface area is 116 Å². The number of hydrogen-bond acceptors (Lipinski definition) is 4. The predicted octanol–water partition coefficient (Wildman–Crippen LogP) is 1.68. The van der Waals surface area contributed by atoms with E-state index in [9.17, 15) is 8.42 Å². The molecule has 0 radical (unpaired) electrons. The van der Waals surface area contributed by atoms with E-state index in [1.165, 1.54) is 18.2 Å². The number of hydrogen-bond donors (Lipinski definition) is 3. The van der Waals surface area contributed by atoms with Gasteiger partial charge in [-0.3, -0.25) is 0 Å². The minimum Gasteiger partial charge on any atom is -0.397 e. The van der Waals surface area contributed by atoms with Crippen LogP contribution in [0.5, 0.6) is 0 Å². The molecule has 1 atom stereocenters. The van der Waals surface area contributed by atoms with Crippen LogP contribution in [0.25, 0.3) is 0 Å². The maximum atomic E-state index is 12.1. The maximum Gasteiger partial charge on any atom is 0.241 e. The van der Waals surface area contributed by atoms with Crippen LogP contribution in [0.2, 0.25) is 5.02 Å². The summed E-state index contributed by atoms with van der Waals surface area (Å²) in [5.41, 5.74) is 5.82. The normalized spacial score (nSPS) is 13.4. The van der Waals surface area contributed by atoms with E-state index in [0.29, 0.717) is 10.8 Å². The van der Waals surface area contributed by atoms with Gasteiger partial charge >= 0.3 is 0 Å². The summed E-state index contributed by atoms with van der Waals surface area (Å²) in [6, 6.07) is 3.69. The highest BCUT2D eigenvalue weighted by Gasteiger charge is 2.20. The van der Waals surface area contributed by atoms with Gasteiger partial charge in [0.15, 0.2) is 0 Å². The van der Waals surface area contributed by atoms with Gasteiger partial charge in [0, 0.05) is 12.4 Å². The number of nitrogens with two attached hydrogens (primary N) is 1. The predicted molar refractivity (Wildman–Crippen MR) is 73.2 cm³/mol. The van der Waals surface area contributed by atoms with Crippen molar-refractivity contribution in [3.8, 4) is 0 Å². The summed E-state index contributed by atoms with van der Waals surface area (Å²) in [6.07, 6.45) is 3.18. The van der Waals surface area contributed by atoms with Gasteiger partial charge in [-0.15, -0.1) is 0 Å². The van der Waals surface area contributed by atoms with Gasteiger partial charge in [0.05, 0.1) is 21.6 Å². The van der Waals surface area contributed by atoms with E-state index in [4.69, 9.17) is 17.3 Å². The van der Waals surface area contributed by atoms with Crippen LogP contribution in [-0.2, 0) is 10.0 Å². The minimum atomic E-state index is -3.67. The summed E-state index contributed by atoms with van der Waals surface area (Å²) in [4.78, 5) is 6.91. The van der Waals surface area contributed by atoms with Gasteiger partial charge < -0.3 is 10.7 Å². The molecule has 19 heavy (non-hydrogen) atoms. The monoisotopic (exact) mass is 300 g/mol. The Kier molecular flexibility index (Phi) is 3.79. The minimum absolute atomic E-state index is 0.0628. The van der Waals surface area contributed by atoms with E-state index in [2.05, 4.69) is 14.7 Å². The fourth-order valence-electron chi connectivity index (χ4n) is 1.56. The second-order valence-corrected chi connectivity index (χ2v) is 6.12. The van der Waals surface area contributed by atoms with Crippen LogP contribution in [0.1, 0.15) is 18.8 Å². The van der Waals surface area contributed by atoms with Crippen LogP contribution in [0.15, 0.2) is 35.5 Å². The summed E-state index contributed by atoms with van der Waals surface area (Å²) in [5, 5.41) is 0.318. The molecular weight excluding hydrogens is 288 g/mol. The first-order valence-corrected chi connectivity index (χ1v) is 7.33. The van der Waals surface area contributed by atoms with Crippen molar-refractivity contribution in [3.05, 3.63) is 41.4 Å². The van der Waals surface area contributed by atoms with Crippen molar-refractivity contribution in [3.63, 3.8) is 0 Å². The Morgan fingerprint density at radius 1 is 1.47 bits per heavy atom. The number of benzene rings is 1. The number of sulfonamides is 1. The molecule has 0 saturated heterocycles. The number of aromatic amines is 1. The summed E-state index contributed by atoms with van der Waals surface area (Å²) in [5.74, 6) is 0.533. The molecule has 0 saturated carbocycles. The molecule has 0 amide bonds. The quantitative estimate of drug-likeness (QED) is 0.748. The molecule has 0 aliphatic heterocycles. The van der Waals surface area contributed by atoms with E-state index in [1.807, 2.05) is 0 Å².